The van der Waals surface area contributed by atoms with E-state index in [2.05, 4.69) is 4.99 Å². The smallest absolute Gasteiger partial charge is 0.287 e. The highest BCUT2D eigenvalue weighted by Gasteiger charge is 2.39. The van der Waals surface area contributed by atoms with Gasteiger partial charge in [-0.3, -0.25) is 10.2 Å². The Balaban J connectivity index is 2.36. The molecule has 1 N–H and O–H groups in total. The summed E-state index contributed by atoms with van der Waals surface area (Å²) < 4.78 is 37.8. The Kier molecular flexibility index (Phi) is 3.32. The lowest BCUT2D eigenvalue weighted by molar-refractivity contribution is -0.164. The first-order valence-corrected chi connectivity index (χ1v) is 5.31. The van der Waals surface area contributed by atoms with Crippen molar-refractivity contribution in [1.29, 1.82) is 0 Å². The monoisotopic (exact) mass is 276 g/mol. The third-order valence-electron chi connectivity index (χ3n) is 2.36. The first kappa shape index (κ1) is 12.9. The summed E-state index contributed by atoms with van der Waals surface area (Å²) in [6.45, 7) is -0.455. The summed E-state index contributed by atoms with van der Waals surface area (Å²) in [5.41, 5.74) is -0.471. The van der Waals surface area contributed by atoms with Gasteiger partial charge in [-0.25, -0.2) is 5.06 Å². The van der Waals surface area contributed by atoms with Gasteiger partial charge in [0.1, 0.15) is 12.4 Å². The largest absolute Gasteiger partial charge is 0.433 e. The molecule has 1 heterocycles. The molecular formula is C11H8ClF3N2O. The van der Waals surface area contributed by atoms with Crippen molar-refractivity contribution in [3.63, 3.8) is 0 Å². The maximum Gasteiger partial charge on any atom is 0.433 e. The van der Waals surface area contributed by atoms with Crippen LogP contribution in [0.2, 0.25) is 5.02 Å². The topological polar surface area (TPSA) is 35.8 Å². The molecule has 0 bridgehead atoms. The van der Waals surface area contributed by atoms with Crippen molar-refractivity contribution < 1.29 is 18.4 Å². The Labute approximate surface area is 106 Å². The molecule has 1 aliphatic rings. The standard InChI is InChI=1S/C11H8ClF3N2O/c12-8-3-1-7(2-4-8)9-5-10(11(13,14)15)17(18)6-16-9/h1-5,18H,6H2. The maximum atomic E-state index is 12.6. The molecule has 18 heavy (non-hydrogen) atoms. The Hall–Kier alpha value is -1.53. The van der Waals surface area contributed by atoms with Crippen molar-refractivity contribution in [3.05, 3.63) is 46.6 Å². The highest BCUT2D eigenvalue weighted by molar-refractivity contribution is 6.30. The fourth-order valence-corrected chi connectivity index (χ4v) is 1.62. The number of allylic oxidation sites excluding steroid dienone is 2. The lowest BCUT2D eigenvalue weighted by Crippen LogP contribution is -2.33. The minimum atomic E-state index is -4.62. The van der Waals surface area contributed by atoms with Gasteiger partial charge in [-0.2, -0.15) is 13.2 Å². The van der Waals surface area contributed by atoms with Gasteiger partial charge < -0.3 is 0 Å². The van der Waals surface area contributed by atoms with Crippen LogP contribution in [-0.2, 0) is 0 Å². The van der Waals surface area contributed by atoms with Crippen LogP contribution in [0, 0.1) is 0 Å². The van der Waals surface area contributed by atoms with Gasteiger partial charge in [-0.05, 0) is 23.8 Å². The maximum absolute atomic E-state index is 12.6. The van der Waals surface area contributed by atoms with E-state index in [0.29, 0.717) is 10.6 Å². The molecule has 2 rings (SSSR count). The molecule has 0 saturated carbocycles. The zero-order valence-corrected chi connectivity index (χ0v) is 9.70. The number of nitrogens with zero attached hydrogens (tertiary/aromatic N) is 2. The normalized spacial score (nSPS) is 16.4. The molecule has 1 aromatic rings. The highest BCUT2D eigenvalue weighted by atomic mass is 35.5. The van der Waals surface area contributed by atoms with Crippen molar-refractivity contribution in [2.24, 2.45) is 4.99 Å². The number of halogens is 4. The van der Waals surface area contributed by atoms with Crippen LogP contribution >= 0.6 is 11.6 Å². The van der Waals surface area contributed by atoms with Crippen LogP contribution in [0.25, 0.3) is 0 Å². The number of aliphatic imine (C=N–C) groups is 1. The van der Waals surface area contributed by atoms with Crippen molar-refractivity contribution >= 4 is 17.3 Å². The molecule has 0 aliphatic carbocycles. The molecule has 96 valence electrons. The fourth-order valence-electron chi connectivity index (χ4n) is 1.49. The molecule has 0 spiro atoms. The molecule has 0 aromatic heterocycles. The molecule has 0 saturated heterocycles. The van der Waals surface area contributed by atoms with E-state index < -0.39 is 18.5 Å². The highest BCUT2D eigenvalue weighted by Crippen LogP contribution is 2.29. The van der Waals surface area contributed by atoms with Gasteiger partial charge in [0.15, 0.2) is 0 Å². The second-order valence-corrected chi connectivity index (χ2v) is 4.05. The van der Waals surface area contributed by atoms with Crippen LogP contribution in [-0.4, -0.2) is 28.8 Å². The van der Waals surface area contributed by atoms with E-state index in [1.807, 2.05) is 0 Å². The Morgan fingerprint density at radius 1 is 1.22 bits per heavy atom. The quantitative estimate of drug-likeness (QED) is 0.855. The van der Waals surface area contributed by atoms with E-state index in [-0.39, 0.29) is 10.8 Å². The molecular weight excluding hydrogens is 269 g/mol. The minimum Gasteiger partial charge on any atom is -0.287 e. The zero-order valence-electron chi connectivity index (χ0n) is 8.95. The average molecular weight is 277 g/mol. The van der Waals surface area contributed by atoms with Crippen LogP contribution in [0.4, 0.5) is 13.2 Å². The molecule has 1 aromatic carbocycles. The van der Waals surface area contributed by atoms with Crippen LogP contribution < -0.4 is 0 Å². The van der Waals surface area contributed by atoms with E-state index in [1.165, 1.54) is 0 Å². The minimum absolute atomic E-state index is 0.0689. The predicted molar refractivity (Wildman–Crippen MR) is 60.6 cm³/mol. The summed E-state index contributed by atoms with van der Waals surface area (Å²) >= 11 is 5.69. The first-order valence-electron chi connectivity index (χ1n) is 4.93. The van der Waals surface area contributed by atoms with Gasteiger partial charge in [0.2, 0.25) is 0 Å². The molecule has 0 radical (unpaired) electrons. The second-order valence-electron chi connectivity index (χ2n) is 3.62. The molecule has 0 atom stereocenters. The van der Waals surface area contributed by atoms with Gasteiger partial charge in [-0.15, -0.1) is 0 Å². The summed E-state index contributed by atoms with van der Waals surface area (Å²) in [6.07, 6.45) is -3.82. The summed E-state index contributed by atoms with van der Waals surface area (Å²) in [4.78, 5) is 3.85. The van der Waals surface area contributed by atoms with Gasteiger partial charge in [0.25, 0.3) is 0 Å². The number of alkyl halides is 3. The number of hydroxylamine groups is 2. The summed E-state index contributed by atoms with van der Waals surface area (Å²) in [7, 11) is 0. The van der Waals surface area contributed by atoms with Gasteiger partial charge >= 0.3 is 6.18 Å². The Morgan fingerprint density at radius 3 is 2.39 bits per heavy atom. The van der Waals surface area contributed by atoms with Gasteiger partial charge in [0, 0.05) is 5.02 Å². The van der Waals surface area contributed by atoms with Crippen LogP contribution in [0.15, 0.2) is 41.0 Å². The molecule has 1 aliphatic heterocycles. The van der Waals surface area contributed by atoms with Crippen molar-refractivity contribution in [3.8, 4) is 0 Å². The van der Waals surface area contributed by atoms with Gasteiger partial charge in [-0.1, -0.05) is 23.7 Å². The molecule has 0 fully saturated rings. The first-order chi connectivity index (χ1) is 8.38. The Morgan fingerprint density at radius 2 is 1.83 bits per heavy atom. The molecule has 7 heteroatoms. The van der Waals surface area contributed by atoms with E-state index in [0.717, 1.165) is 6.08 Å². The SMILES string of the molecule is ON1CN=C(c2ccc(Cl)cc2)C=C1C(F)(F)F. The van der Waals surface area contributed by atoms with E-state index in [4.69, 9.17) is 16.8 Å². The average Bonchev–Trinajstić information content (AvgIpc) is 2.29. The third-order valence-corrected chi connectivity index (χ3v) is 2.61. The van der Waals surface area contributed by atoms with E-state index >= 15 is 0 Å². The number of benzene rings is 1. The van der Waals surface area contributed by atoms with E-state index in [1.54, 1.807) is 24.3 Å². The summed E-state index contributed by atoms with van der Waals surface area (Å²) in [6, 6.07) is 6.26. The lowest BCUT2D eigenvalue weighted by atomic mass is 10.1. The summed E-state index contributed by atoms with van der Waals surface area (Å²) in [5, 5.41) is 9.68. The predicted octanol–water partition coefficient (Wildman–Crippen LogP) is 3.24. The molecule has 0 amide bonds. The van der Waals surface area contributed by atoms with Crippen molar-refractivity contribution in [2.75, 3.05) is 6.67 Å². The number of hydrogen-bond donors (Lipinski definition) is 1. The molecule has 0 unspecified atom stereocenters. The fraction of sp³-hybridized carbons (Fsp3) is 0.182. The third kappa shape index (κ3) is 2.65. The summed E-state index contributed by atoms with van der Waals surface area (Å²) in [5.74, 6) is 0. The zero-order chi connectivity index (χ0) is 13.3. The number of rotatable bonds is 1. The van der Waals surface area contributed by atoms with Crippen LogP contribution in [0.3, 0.4) is 0 Å². The second kappa shape index (κ2) is 4.62. The van der Waals surface area contributed by atoms with Crippen LogP contribution in [0.5, 0.6) is 0 Å². The van der Waals surface area contributed by atoms with Crippen molar-refractivity contribution in [2.45, 2.75) is 6.18 Å². The Bertz CT molecular complexity index is 508. The van der Waals surface area contributed by atoms with Gasteiger partial charge in [0.05, 0.1) is 5.71 Å². The number of hydrogen-bond acceptors (Lipinski definition) is 3. The van der Waals surface area contributed by atoms with Crippen LogP contribution in [0.1, 0.15) is 5.56 Å². The van der Waals surface area contributed by atoms with E-state index in [9.17, 15) is 13.2 Å². The lowest BCUT2D eigenvalue weighted by Gasteiger charge is -2.24. The van der Waals surface area contributed by atoms with Crippen molar-refractivity contribution in [1.82, 2.24) is 5.06 Å². The molecule has 3 nitrogen and oxygen atoms in total.